The minimum atomic E-state index is -2.99. The van der Waals surface area contributed by atoms with Crippen LogP contribution in [-0.2, 0) is 13.0 Å². The van der Waals surface area contributed by atoms with Gasteiger partial charge in [-0.15, -0.1) is 0 Å². The van der Waals surface area contributed by atoms with Crippen molar-refractivity contribution in [2.45, 2.75) is 12.3 Å². The predicted molar refractivity (Wildman–Crippen MR) is 38.8 cm³/mol. The topological polar surface area (TPSA) is 38.0 Å². The van der Waals surface area contributed by atoms with Crippen LogP contribution in [0.3, 0.4) is 0 Å². The van der Waals surface area contributed by atoms with E-state index in [0.29, 0.717) is 0 Å². The number of rotatable bonds is 3. The maximum Gasteiger partial charge on any atom is 0.291 e. The predicted octanol–water partition coefficient (Wildman–Crippen LogP) is 0.894. The Morgan fingerprint density at radius 3 is 2.75 bits per heavy atom. The van der Waals surface area contributed by atoms with Crippen molar-refractivity contribution in [1.29, 1.82) is 0 Å². The van der Waals surface area contributed by atoms with Gasteiger partial charge in [-0.2, -0.15) is 13.9 Å². The van der Waals surface area contributed by atoms with E-state index in [2.05, 4.69) is 5.10 Å². The summed E-state index contributed by atoms with van der Waals surface area (Å²) in [6, 6.07) is 1.25. The summed E-state index contributed by atoms with van der Waals surface area (Å²) in [6.07, 6.45) is 0.743. The van der Waals surface area contributed by atoms with E-state index in [0.717, 1.165) is 4.68 Å². The van der Waals surface area contributed by atoms with Gasteiger partial charge in [0, 0.05) is 26.3 Å². The van der Waals surface area contributed by atoms with Crippen LogP contribution in [0.25, 0.3) is 0 Å². The molecule has 0 amide bonds. The van der Waals surface area contributed by atoms with Gasteiger partial charge in [-0.05, 0) is 6.07 Å². The van der Waals surface area contributed by atoms with Crippen LogP contribution in [0, 0.1) is 0 Å². The number of aliphatic hydroxyl groups excluding tert-OH is 1. The molecular weight excluding hydrogens is 166 g/mol. The van der Waals surface area contributed by atoms with Crippen molar-refractivity contribution in [1.82, 2.24) is 9.78 Å². The van der Waals surface area contributed by atoms with Crippen molar-refractivity contribution in [2.75, 3.05) is 6.61 Å². The molecule has 12 heavy (non-hydrogen) atoms. The van der Waals surface area contributed by atoms with Gasteiger partial charge in [0.1, 0.15) is 5.69 Å². The average Bonchev–Trinajstić information content (AvgIpc) is 2.35. The molecule has 0 aliphatic rings. The summed E-state index contributed by atoms with van der Waals surface area (Å²) in [5.74, 6) is -2.99. The molecule has 0 atom stereocenters. The Hall–Kier alpha value is -0.970. The van der Waals surface area contributed by atoms with Gasteiger partial charge in [0.05, 0.1) is 0 Å². The lowest BCUT2D eigenvalue weighted by Crippen LogP contribution is -2.19. The molecule has 0 radical (unpaired) electrons. The third-order valence-electron chi connectivity index (χ3n) is 1.62. The van der Waals surface area contributed by atoms with E-state index in [1.807, 2.05) is 0 Å². The average molecular weight is 176 g/mol. The van der Waals surface area contributed by atoms with Gasteiger partial charge in [-0.3, -0.25) is 4.68 Å². The van der Waals surface area contributed by atoms with Crippen LogP contribution in [-0.4, -0.2) is 21.5 Å². The first kappa shape index (κ1) is 9.12. The van der Waals surface area contributed by atoms with Crippen LogP contribution >= 0.6 is 0 Å². The van der Waals surface area contributed by atoms with Gasteiger partial charge in [0.25, 0.3) is 5.92 Å². The Morgan fingerprint density at radius 1 is 1.67 bits per heavy atom. The molecule has 1 aromatic heterocycles. The molecule has 0 unspecified atom stereocenters. The van der Waals surface area contributed by atoms with E-state index in [1.54, 1.807) is 0 Å². The van der Waals surface area contributed by atoms with Crippen molar-refractivity contribution >= 4 is 0 Å². The summed E-state index contributed by atoms with van der Waals surface area (Å²) in [5, 5.41) is 12.0. The maximum atomic E-state index is 13.0. The number of hydrogen-bond donors (Lipinski definition) is 1. The minimum absolute atomic E-state index is 0.170. The fourth-order valence-corrected chi connectivity index (χ4v) is 1.00. The summed E-state index contributed by atoms with van der Waals surface area (Å²) in [7, 11) is 1.45. The molecule has 0 saturated carbocycles. The molecule has 3 nitrogen and oxygen atoms in total. The minimum Gasteiger partial charge on any atom is -0.396 e. The molecule has 0 bridgehead atoms. The highest BCUT2D eigenvalue weighted by atomic mass is 19.3. The summed E-state index contributed by atoms with van der Waals surface area (Å²) >= 11 is 0. The second-order valence-electron chi connectivity index (χ2n) is 2.52. The molecule has 0 aromatic carbocycles. The fraction of sp³-hybridized carbons (Fsp3) is 0.571. The summed E-state index contributed by atoms with van der Waals surface area (Å²) in [4.78, 5) is 0. The molecular formula is C7H10F2N2O. The molecule has 1 aromatic rings. The SMILES string of the molecule is Cn1nccc1C(F)(F)CCO. The highest BCUT2D eigenvalue weighted by molar-refractivity contribution is 5.07. The van der Waals surface area contributed by atoms with Gasteiger partial charge < -0.3 is 5.11 Å². The first-order valence-corrected chi connectivity index (χ1v) is 3.55. The smallest absolute Gasteiger partial charge is 0.291 e. The lowest BCUT2D eigenvalue weighted by Gasteiger charge is -2.14. The molecule has 0 saturated heterocycles. The maximum absolute atomic E-state index is 13.0. The highest BCUT2D eigenvalue weighted by Crippen LogP contribution is 2.30. The van der Waals surface area contributed by atoms with Crippen molar-refractivity contribution in [3.05, 3.63) is 18.0 Å². The second-order valence-corrected chi connectivity index (χ2v) is 2.52. The van der Waals surface area contributed by atoms with E-state index in [1.165, 1.54) is 19.3 Å². The van der Waals surface area contributed by atoms with E-state index in [9.17, 15) is 8.78 Å². The molecule has 0 fully saturated rings. The van der Waals surface area contributed by atoms with Crippen LogP contribution in [0.2, 0.25) is 0 Å². The summed E-state index contributed by atoms with van der Waals surface area (Å²) in [6.45, 7) is -0.530. The Morgan fingerprint density at radius 2 is 2.33 bits per heavy atom. The summed E-state index contributed by atoms with van der Waals surface area (Å²) in [5.41, 5.74) is -0.170. The Bertz CT molecular complexity index is 260. The lowest BCUT2D eigenvalue weighted by atomic mass is 10.2. The number of nitrogens with zero attached hydrogens (tertiary/aromatic N) is 2. The summed E-state index contributed by atoms with van der Waals surface area (Å²) < 4.78 is 27.2. The van der Waals surface area contributed by atoms with Crippen LogP contribution in [0.5, 0.6) is 0 Å². The Labute approximate surface area is 68.6 Å². The lowest BCUT2D eigenvalue weighted by molar-refractivity contribution is -0.0342. The zero-order chi connectivity index (χ0) is 9.19. The monoisotopic (exact) mass is 176 g/mol. The molecule has 68 valence electrons. The first-order chi connectivity index (χ1) is 5.58. The standard InChI is InChI=1S/C7H10F2N2O/c1-11-6(2-4-10-11)7(8,9)3-5-12/h2,4,12H,3,5H2,1H3. The van der Waals surface area contributed by atoms with Gasteiger partial charge in [0.2, 0.25) is 0 Å². The van der Waals surface area contributed by atoms with Crippen molar-refractivity contribution < 1.29 is 13.9 Å². The van der Waals surface area contributed by atoms with E-state index in [4.69, 9.17) is 5.11 Å². The number of alkyl halides is 2. The molecule has 0 spiro atoms. The first-order valence-electron chi connectivity index (χ1n) is 3.55. The number of hydrogen-bond acceptors (Lipinski definition) is 2. The molecule has 5 heteroatoms. The zero-order valence-corrected chi connectivity index (χ0v) is 6.67. The van der Waals surface area contributed by atoms with Crippen molar-refractivity contribution in [3.8, 4) is 0 Å². The Balaban J connectivity index is 2.88. The number of aliphatic hydroxyl groups is 1. The van der Waals surface area contributed by atoms with Gasteiger partial charge in [-0.1, -0.05) is 0 Å². The van der Waals surface area contributed by atoms with Gasteiger partial charge >= 0.3 is 0 Å². The zero-order valence-electron chi connectivity index (χ0n) is 6.67. The number of aryl methyl sites for hydroxylation is 1. The fourth-order valence-electron chi connectivity index (χ4n) is 1.00. The third kappa shape index (κ3) is 1.61. The molecule has 1 heterocycles. The van der Waals surface area contributed by atoms with E-state index in [-0.39, 0.29) is 5.69 Å². The molecule has 0 aliphatic carbocycles. The molecule has 1 rings (SSSR count). The van der Waals surface area contributed by atoms with Crippen LogP contribution in [0.4, 0.5) is 8.78 Å². The van der Waals surface area contributed by atoms with Crippen molar-refractivity contribution in [2.24, 2.45) is 7.05 Å². The number of halogens is 2. The van der Waals surface area contributed by atoms with Gasteiger partial charge in [-0.25, -0.2) is 0 Å². The van der Waals surface area contributed by atoms with Gasteiger partial charge in [0.15, 0.2) is 0 Å². The van der Waals surface area contributed by atoms with Crippen LogP contribution in [0.1, 0.15) is 12.1 Å². The quantitative estimate of drug-likeness (QED) is 0.742. The normalized spacial score (nSPS) is 12.0. The van der Waals surface area contributed by atoms with Crippen molar-refractivity contribution in [3.63, 3.8) is 0 Å². The third-order valence-corrected chi connectivity index (χ3v) is 1.62. The van der Waals surface area contributed by atoms with E-state index < -0.39 is 19.0 Å². The van der Waals surface area contributed by atoms with Crippen LogP contribution in [0.15, 0.2) is 12.3 Å². The molecule has 0 aliphatic heterocycles. The largest absolute Gasteiger partial charge is 0.396 e. The van der Waals surface area contributed by atoms with Crippen LogP contribution < -0.4 is 0 Å². The number of aromatic nitrogens is 2. The highest BCUT2D eigenvalue weighted by Gasteiger charge is 2.33. The van der Waals surface area contributed by atoms with E-state index >= 15 is 0 Å². The molecule has 1 N–H and O–H groups in total. The Kier molecular flexibility index (Phi) is 2.42. The second kappa shape index (κ2) is 3.18.